The van der Waals surface area contributed by atoms with E-state index in [9.17, 15) is 0 Å². The van der Waals surface area contributed by atoms with Crippen molar-refractivity contribution in [3.05, 3.63) is 0 Å². The van der Waals surface area contributed by atoms with Crippen molar-refractivity contribution in [3.8, 4) is 0 Å². The predicted octanol–water partition coefficient (Wildman–Crippen LogP) is 5.04. The highest BCUT2D eigenvalue weighted by Gasteiger charge is 2.70. The molecule has 0 bridgehead atoms. The van der Waals surface area contributed by atoms with E-state index < -0.39 is 21.3 Å². The Morgan fingerprint density at radius 3 is 2.31 bits per heavy atom. The summed E-state index contributed by atoms with van der Waals surface area (Å²) in [7, 11) is 6.96. The number of nitrogens with zero attached hydrogens (tertiary/aromatic N) is 5. The Kier molecular flexibility index (Phi) is 8.09. The topological polar surface area (TPSA) is 49.4 Å². The molecule has 2 saturated heterocycles. The van der Waals surface area contributed by atoms with Crippen LogP contribution in [0, 0.1) is 0 Å². The summed E-state index contributed by atoms with van der Waals surface area (Å²) in [6.45, 7) is -1.24. The first-order valence-electron chi connectivity index (χ1n) is 8.64. The second-order valence-electron chi connectivity index (χ2n) is 6.41. The second kappa shape index (κ2) is 9.17. The minimum atomic E-state index is -2.04. The molecule has 2 spiro atoms. The molecule has 2 fully saturated rings. The lowest BCUT2D eigenvalue weighted by Crippen LogP contribution is -2.47. The Balaban J connectivity index is 2.17. The van der Waals surface area contributed by atoms with Gasteiger partial charge in [-0.1, -0.05) is 24.4 Å². The Morgan fingerprint density at radius 2 is 1.73 bits per heavy atom. The SMILES string of the molecule is CSN(C)[P+]1(N(C)SC)N=P2(N[P+]3(N1)SCCCN3C)SCCCN2C. The van der Waals surface area contributed by atoms with Crippen LogP contribution in [-0.4, -0.2) is 82.8 Å². The fourth-order valence-corrected chi connectivity index (χ4v) is 31.1. The molecule has 0 aromatic rings. The third-order valence-corrected chi connectivity index (χ3v) is 27.9. The summed E-state index contributed by atoms with van der Waals surface area (Å²) in [5.41, 5.74) is 0. The average Bonchev–Trinajstić information content (AvgIpc) is 2.65. The van der Waals surface area contributed by atoms with E-state index in [2.05, 4.69) is 90.7 Å². The van der Waals surface area contributed by atoms with Crippen LogP contribution in [0.15, 0.2) is 4.52 Å². The van der Waals surface area contributed by atoms with Crippen molar-refractivity contribution in [3.63, 3.8) is 0 Å². The summed E-state index contributed by atoms with van der Waals surface area (Å²) in [4.78, 5) is 8.33. The van der Waals surface area contributed by atoms with Gasteiger partial charge in [-0.05, 0) is 60.8 Å². The van der Waals surface area contributed by atoms with Gasteiger partial charge in [0, 0.05) is 50.6 Å². The second-order valence-corrected chi connectivity index (χ2v) is 23.0. The molecular formula is C12H32N7P3S4+2. The molecule has 14 heteroatoms. The van der Waals surface area contributed by atoms with E-state index in [-0.39, 0.29) is 0 Å². The van der Waals surface area contributed by atoms with E-state index in [1.807, 2.05) is 0 Å². The van der Waals surface area contributed by atoms with Crippen LogP contribution in [0.4, 0.5) is 0 Å². The summed E-state index contributed by atoms with van der Waals surface area (Å²) >= 11 is 7.80. The molecular weight excluding hydrogens is 463 g/mol. The Labute approximate surface area is 177 Å². The van der Waals surface area contributed by atoms with Crippen LogP contribution in [0.2, 0.25) is 0 Å². The molecule has 2 N–H and O–H groups in total. The minimum Gasteiger partial charge on any atom is -0.248 e. The highest BCUT2D eigenvalue weighted by molar-refractivity contribution is 8.66. The fraction of sp³-hybridized carbons (Fsp3) is 1.00. The van der Waals surface area contributed by atoms with Gasteiger partial charge in [-0.3, -0.25) is 0 Å². The molecule has 0 saturated carbocycles. The Bertz CT molecular complexity index is 563. The first kappa shape index (κ1) is 22.9. The van der Waals surface area contributed by atoms with Crippen molar-refractivity contribution < 1.29 is 0 Å². The number of hydrogen-bond acceptors (Lipinski definition) is 11. The summed E-state index contributed by atoms with van der Waals surface area (Å²) in [6, 6.07) is 0. The number of hydrogen-bond donors (Lipinski definition) is 2. The van der Waals surface area contributed by atoms with Crippen LogP contribution in [0.5, 0.6) is 0 Å². The van der Waals surface area contributed by atoms with Crippen molar-refractivity contribution >= 4 is 68.0 Å². The zero-order valence-electron chi connectivity index (χ0n) is 16.5. The Morgan fingerprint density at radius 1 is 1.08 bits per heavy atom. The maximum Gasteiger partial charge on any atom is 0.410 e. The molecule has 3 rings (SSSR count). The van der Waals surface area contributed by atoms with Gasteiger partial charge in [0.25, 0.3) is 0 Å². The third kappa shape index (κ3) is 4.05. The van der Waals surface area contributed by atoms with Crippen LogP contribution in [0.1, 0.15) is 12.8 Å². The molecule has 0 aromatic heterocycles. The van der Waals surface area contributed by atoms with Crippen molar-refractivity contribution in [2.75, 3.05) is 65.3 Å². The molecule has 3 aliphatic heterocycles. The van der Waals surface area contributed by atoms with Gasteiger partial charge in [0.15, 0.2) is 0 Å². The maximum atomic E-state index is 5.70. The molecule has 152 valence electrons. The third-order valence-electron chi connectivity index (χ3n) is 4.84. The van der Waals surface area contributed by atoms with E-state index in [4.69, 9.17) is 4.52 Å². The standard InChI is InChI=1S/C12H32N7P3S4/c1-16-9-7-11-25-21(16)13-20(18(3)23-5,19(4)24-6)14-22(15-21)17(2)10-8-12-26-22/h13,15H,7-12H2,1-6H3/q+2. The molecule has 3 heterocycles. The average molecular weight is 496 g/mol. The van der Waals surface area contributed by atoms with Crippen molar-refractivity contribution in [1.29, 1.82) is 0 Å². The van der Waals surface area contributed by atoms with E-state index in [0.717, 1.165) is 13.1 Å². The van der Waals surface area contributed by atoms with Crippen LogP contribution >= 0.6 is 68.0 Å². The van der Waals surface area contributed by atoms with Crippen LogP contribution in [0.25, 0.3) is 0 Å². The molecule has 0 aromatic carbocycles. The van der Waals surface area contributed by atoms with Crippen LogP contribution in [0.3, 0.4) is 0 Å². The zero-order valence-corrected chi connectivity index (χ0v) is 22.4. The highest BCUT2D eigenvalue weighted by Crippen LogP contribution is 2.90. The summed E-state index contributed by atoms with van der Waals surface area (Å²) < 4.78 is 15.6. The molecule has 0 aliphatic carbocycles. The molecule has 0 radical (unpaired) electrons. The van der Waals surface area contributed by atoms with Gasteiger partial charge < -0.3 is 0 Å². The smallest absolute Gasteiger partial charge is 0.248 e. The summed E-state index contributed by atoms with van der Waals surface area (Å²) in [5, 5.41) is 0. The van der Waals surface area contributed by atoms with E-state index in [1.54, 1.807) is 23.9 Å². The predicted molar refractivity (Wildman–Crippen MR) is 131 cm³/mol. The number of nitrogens with one attached hydrogen (secondary N) is 2. The first-order chi connectivity index (χ1) is 12.3. The largest absolute Gasteiger partial charge is 0.410 e. The lowest BCUT2D eigenvalue weighted by atomic mass is 10.5. The highest BCUT2D eigenvalue weighted by atomic mass is 32.8. The van der Waals surface area contributed by atoms with Crippen LogP contribution < -0.4 is 9.72 Å². The summed E-state index contributed by atoms with van der Waals surface area (Å²) in [5.74, 6) is 2.42. The maximum absolute atomic E-state index is 5.70. The van der Waals surface area contributed by atoms with Gasteiger partial charge in [-0.15, -0.1) is 4.67 Å². The lowest BCUT2D eigenvalue weighted by Gasteiger charge is -2.47. The molecule has 0 amide bonds. The van der Waals surface area contributed by atoms with Crippen molar-refractivity contribution in [1.82, 2.24) is 27.2 Å². The molecule has 2 unspecified atom stereocenters. The number of rotatable bonds is 4. The normalized spacial score (nSPS) is 36.2. The van der Waals surface area contributed by atoms with Gasteiger partial charge in [-0.25, -0.2) is 4.67 Å². The molecule has 3 aliphatic rings. The first-order valence-corrected chi connectivity index (χ1v) is 19.3. The summed E-state index contributed by atoms with van der Waals surface area (Å²) in [6.07, 6.45) is 6.85. The van der Waals surface area contributed by atoms with E-state index >= 15 is 0 Å². The fourth-order valence-electron chi connectivity index (χ4n) is 3.09. The van der Waals surface area contributed by atoms with Gasteiger partial charge >= 0.3 is 14.8 Å². The van der Waals surface area contributed by atoms with Gasteiger partial charge in [-0.2, -0.15) is 0 Å². The monoisotopic (exact) mass is 495 g/mol. The van der Waals surface area contributed by atoms with E-state index in [1.165, 1.54) is 24.3 Å². The van der Waals surface area contributed by atoms with Gasteiger partial charge in [0.05, 0.1) is 11.4 Å². The van der Waals surface area contributed by atoms with Crippen molar-refractivity contribution in [2.24, 2.45) is 4.52 Å². The Hall–Kier alpha value is 2.25. The molecule has 2 atom stereocenters. The molecule has 26 heavy (non-hydrogen) atoms. The minimum absolute atomic E-state index is 1.14. The molecule has 7 nitrogen and oxygen atoms in total. The van der Waals surface area contributed by atoms with Gasteiger partial charge in [0.1, 0.15) is 0 Å². The quantitative estimate of drug-likeness (QED) is 0.410. The lowest BCUT2D eigenvalue weighted by molar-refractivity contribution is 0.517. The zero-order chi connectivity index (χ0) is 19.0. The van der Waals surface area contributed by atoms with Crippen molar-refractivity contribution in [2.45, 2.75) is 12.8 Å². The van der Waals surface area contributed by atoms with E-state index in [0.29, 0.717) is 0 Å². The van der Waals surface area contributed by atoms with Crippen LogP contribution in [-0.2, 0) is 0 Å². The van der Waals surface area contributed by atoms with Gasteiger partial charge in [0.2, 0.25) is 6.56 Å².